The number of hydrogen-bond donors (Lipinski definition) is 1. The van der Waals surface area contributed by atoms with Crippen molar-refractivity contribution in [2.45, 2.75) is 61.5 Å². The number of aliphatic hydroxyl groups is 1. The zero-order valence-electron chi connectivity index (χ0n) is 17.0. The Morgan fingerprint density at radius 1 is 0.840 bits per heavy atom. The standard InChI is InChI=1S/C14H10BrNO.4C2H6/c15-12-8-9-4-3-7-16-13(9)14(17)11-6-2-1-5-10(11)12;4*1-2/h1-8,14,17H;4*1-2H3. The van der Waals surface area contributed by atoms with Crippen LogP contribution in [0.25, 0.3) is 10.6 Å². The summed E-state index contributed by atoms with van der Waals surface area (Å²) in [5.74, 6) is 0. The van der Waals surface area contributed by atoms with Crippen molar-refractivity contribution in [3.63, 3.8) is 0 Å². The Bertz CT molecular complexity index is 608. The summed E-state index contributed by atoms with van der Waals surface area (Å²) in [6.07, 6.45) is 3.03. The van der Waals surface area contributed by atoms with E-state index >= 15 is 0 Å². The van der Waals surface area contributed by atoms with Crippen molar-refractivity contribution in [2.75, 3.05) is 0 Å². The van der Waals surface area contributed by atoms with E-state index in [1.54, 1.807) is 6.20 Å². The molecule has 1 unspecified atom stereocenters. The molecular formula is C22H34BrNO. The van der Waals surface area contributed by atoms with Gasteiger partial charge in [0, 0.05) is 16.2 Å². The van der Waals surface area contributed by atoms with Crippen LogP contribution in [0.15, 0.2) is 42.6 Å². The van der Waals surface area contributed by atoms with E-state index in [0.717, 1.165) is 21.2 Å². The van der Waals surface area contributed by atoms with Crippen molar-refractivity contribution < 1.29 is 5.11 Å². The average Bonchev–Trinajstić information content (AvgIpc) is 2.83. The fourth-order valence-electron chi connectivity index (χ4n) is 2.09. The Morgan fingerprint density at radius 2 is 1.40 bits per heavy atom. The van der Waals surface area contributed by atoms with Gasteiger partial charge in [-0.05, 0) is 23.3 Å². The lowest BCUT2D eigenvalue weighted by molar-refractivity contribution is 0.215. The Balaban J connectivity index is 0. The third-order valence-corrected chi connectivity index (χ3v) is 3.58. The van der Waals surface area contributed by atoms with Gasteiger partial charge in [0.25, 0.3) is 0 Å². The van der Waals surface area contributed by atoms with E-state index in [1.807, 2.05) is 97.9 Å². The first-order chi connectivity index (χ1) is 12.3. The molecule has 1 heterocycles. The Kier molecular flexibility index (Phi) is 16.5. The van der Waals surface area contributed by atoms with Crippen molar-refractivity contribution in [2.24, 2.45) is 0 Å². The minimum absolute atomic E-state index is 0.673. The van der Waals surface area contributed by atoms with Crippen LogP contribution in [0.3, 0.4) is 0 Å². The highest BCUT2D eigenvalue weighted by Crippen LogP contribution is 2.37. The summed E-state index contributed by atoms with van der Waals surface area (Å²) < 4.78 is 0.971. The molecule has 0 saturated heterocycles. The lowest BCUT2D eigenvalue weighted by Gasteiger charge is -2.13. The van der Waals surface area contributed by atoms with E-state index in [-0.39, 0.29) is 0 Å². The molecule has 1 aliphatic carbocycles. The van der Waals surface area contributed by atoms with E-state index in [1.165, 1.54) is 0 Å². The molecule has 0 radical (unpaired) electrons. The Labute approximate surface area is 163 Å². The molecule has 0 amide bonds. The van der Waals surface area contributed by atoms with Gasteiger partial charge in [0.15, 0.2) is 0 Å². The fourth-order valence-corrected chi connectivity index (χ4v) is 2.70. The van der Waals surface area contributed by atoms with Crippen LogP contribution in [-0.2, 0) is 0 Å². The molecule has 1 atom stereocenters. The molecule has 0 saturated carbocycles. The zero-order chi connectivity index (χ0) is 19.8. The van der Waals surface area contributed by atoms with Crippen LogP contribution in [0.1, 0.15) is 83.9 Å². The molecule has 1 N–H and O–H groups in total. The number of aliphatic hydroxyl groups excluding tert-OH is 1. The molecule has 3 rings (SSSR count). The molecule has 1 aromatic carbocycles. The second-order valence-electron chi connectivity index (χ2n) is 3.96. The molecule has 2 aromatic rings. The van der Waals surface area contributed by atoms with Crippen LogP contribution in [0.4, 0.5) is 0 Å². The molecule has 2 nitrogen and oxygen atoms in total. The Hall–Kier alpha value is -1.45. The smallest absolute Gasteiger partial charge is 0.122 e. The fraction of sp³-hybridized carbons (Fsp3) is 0.409. The third-order valence-electron chi connectivity index (χ3n) is 2.93. The van der Waals surface area contributed by atoms with Crippen molar-refractivity contribution in [1.29, 1.82) is 0 Å². The number of rotatable bonds is 0. The van der Waals surface area contributed by atoms with Crippen LogP contribution in [0, 0.1) is 0 Å². The molecule has 3 heteroatoms. The highest BCUT2D eigenvalue weighted by Gasteiger charge is 2.22. The number of aromatic nitrogens is 1. The highest BCUT2D eigenvalue weighted by atomic mass is 79.9. The summed E-state index contributed by atoms with van der Waals surface area (Å²) in [5.41, 5.74) is 3.54. The molecule has 0 fully saturated rings. The van der Waals surface area contributed by atoms with Crippen molar-refractivity contribution in [3.05, 3.63) is 65.0 Å². The lowest BCUT2D eigenvalue weighted by Crippen LogP contribution is -2.04. The molecule has 0 aliphatic heterocycles. The topological polar surface area (TPSA) is 33.1 Å². The highest BCUT2D eigenvalue weighted by molar-refractivity contribution is 9.15. The van der Waals surface area contributed by atoms with Crippen LogP contribution >= 0.6 is 15.9 Å². The van der Waals surface area contributed by atoms with E-state index in [2.05, 4.69) is 20.9 Å². The monoisotopic (exact) mass is 407 g/mol. The SMILES string of the molecule is CC.CC.CC.CC.OC1c2ccccc2C(Br)=Cc2cccnc21. The molecule has 0 bridgehead atoms. The summed E-state index contributed by atoms with van der Waals surface area (Å²) in [7, 11) is 0. The number of hydrogen-bond acceptors (Lipinski definition) is 2. The molecule has 0 spiro atoms. The number of halogens is 1. The van der Waals surface area contributed by atoms with Crippen molar-refractivity contribution in [1.82, 2.24) is 4.98 Å². The largest absolute Gasteiger partial charge is 0.382 e. The van der Waals surface area contributed by atoms with Crippen LogP contribution in [0.2, 0.25) is 0 Å². The minimum atomic E-state index is -0.673. The average molecular weight is 408 g/mol. The van der Waals surface area contributed by atoms with Crippen LogP contribution in [0.5, 0.6) is 0 Å². The van der Waals surface area contributed by atoms with Crippen molar-refractivity contribution in [3.8, 4) is 0 Å². The van der Waals surface area contributed by atoms with Gasteiger partial charge in [-0.25, -0.2) is 0 Å². The second kappa shape index (κ2) is 16.0. The molecule has 25 heavy (non-hydrogen) atoms. The number of pyridine rings is 1. The lowest BCUT2D eigenvalue weighted by atomic mass is 10.0. The van der Waals surface area contributed by atoms with Gasteiger partial charge < -0.3 is 5.11 Å². The van der Waals surface area contributed by atoms with E-state index < -0.39 is 6.10 Å². The van der Waals surface area contributed by atoms with E-state index in [0.29, 0.717) is 5.69 Å². The predicted octanol–water partition coefficient (Wildman–Crippen LogP) is 7.47. The molecule has 1 aliphatic rings. The molecule has 1 aromatic heterocycles. The number of fused-ring (bicyclic) bond motifs is 2. The van der Waals surface area contributed by atoms with E-state index in [4.69, 9.17) is 0 Å². The maximum Gasteiger partial charge on any atom is 0.122 e. The summed E-state index contributed by atoms with van der Waals surface area (Å²) in [6, 6.07) is 11.6. The van der Waals surface area contributed by atoms with Gasteiger partial charge in [0.2, 0.25) is 0 Å². The van der Waals surface area contributed by atoms with Gasteiger partial charge in [-0.15, -0.1) is 0 Å². The summed E-state index contributed by atoms with van der Waals surface area (Å²) in [5, 5.41) is 10.4. The van der Waals surface area contributed by atoms with Gasteiger partial charge in [-0.3, -0.25) is 4.98 Å². The summed E-state index contributed by atoms with van der Waals surface area (Å²) in [4.78, 5) is 4.28. The second-order valence-corrected chi connectivity index (χ2v) is 4.81. The predicted molar refractivity (Wildman–Crippen MR) is 117 cm³/mol. The van der Waals surface area contributed by atoms with Gasteiger partial charge >= 0.3 is 0 Å². The normalized spacial score (nSPS) is 13.0. The van der Waals surface area contributed by atoms with E-state index in [9.17, 15) is 5.11 Å². The zero-order valence-corrected chi connectivity index (χ0v) is 18.6. The molecule has 140 valence electrons. The number of benzene rings is 1. The van der Waals surface area contributed by atoms with Gasteiger partial charge in [0.1, 0.15) is 6.10 Å². The summed E-state index contributed by atoms with van der Waals surface area (Å²) >= 11 is 3.56. The van der Waals surface area contributed by atoms with Crippen LogP contribution < -0.4 is 0 Å². The first-order valence-electron chi connectivity index (χ1n) is 9.37. The first-order valence-corrected chi connectivity index (χ1v) is 10.2. The third kappa shape index (κ3) is 7.13. The first kappa shape index (κ1) is 25.8. The maximum absolute atomic E-state index is 10.4. The van der Waals surface area contributed by atoms with Crippen LogP contribution in [-0.4, -0.2) is 10.1 Å². The number of nitrogens with zero attached hydrogens (tertiary/aromatic N) is 1. The maximum atomic E-state index is 10.4. The van der Waals surface area contributed by atoms with Gasteiger partial charge in [0.05, 0.1) is 5.69 Å². The Morgan fingerprint density at radius 3 is 2.00 bits per heavy atom. The minimum Gasteiger partial charge on any atom is -0.382 e. The molecular weight excluding hydrogens is 374 g/mol. The quantitative estimate of drug-likeness (QED) is 0.490. The van der Waals surface area contributed by atoms with Gasteiger partial charge in [-0.2, -0.15) is 0 Å². The van der Waals surface area contributed by atoms with Crippen molar-refractivity contribution >= 4 is 26.5 Å². The van der Waals surface area contributed by atoms with Gasteiger partial charge in [-0.1, -0.05) is 102 Å². The summed E-state index contributed by atoms with van der Waals surface area (Å²) in [6.45, 7) is 16.0.